The second-order valence-electron chi connectivity index (χ2n) is 8.55. The molecule has 156 valence electrons. The Kier molecular flexibility index (Phi) is 4.86. The third-order valence-corrected chi connectivity index (χ3v) is 6.37. The van der Waals surface area contributed by atoms with Crippen LogP contribution in [-0.4, -0.2) is 25.6 Å². The van der Waals surface area contributed by atoms with Crippen molar-refractivity contribution >= 4 is 23.0 Å². The van der Waals surface area contributed by atoms with Crippen LogP contribution in [0.2, 0.25) is 5.02 Å². The van der Waals surface area contributed by atoms with Gasteiger partial charge in [-0.1, -0.05) is 61.8 Å². The number of aromatic nitrogens is 4. The van der Waals surface area contributed by atoms with Crippen LogP contribution in [-0.2, 0) is 6.42 Å². The highest BCUT2D eigenvalue weighted by atomic mass is 35.5. The van der Waals surface area contributed by atoms with E-state index in [9.17, 15) is 4.79 Å². The molecule has 1 aliphatic rings. The zero-order chi connectivity index (χ0) is 21.7. The van der Waals surface area contributed by atoms with Gasteiger partial charge in [-0.15, -0.1) is 10.2 Å². The first-order chi connectivity index (χ1) is 14.9. The fourth-order valence-electron chi connectivity index (χ4n) is 4.45. The number of halogens is 1. The summed E-state index contributed by atoms with van der Waals surface area (Å²) in [5, 5.41) is 14.1. The molecule has 4 aromatic rings. The first-order valence-electron chi connectivity index (χ1n) is 10.6. The maximum absolute atomic E-state index is 12.9. The van der Waals surface area contributed by atoms with Gasteiger partial charge in [0, 0.05) is 11.4 Å². The summed E-state index contributed by atoms with van der Waals surface area (Å²) < 4.78 is 1.81. The van der Waals surface area contributed by atoms with Crippen molar-refractivity contribution in [1.82, 2.24) is 19.8 Å². The minimum absolute atomic E-state index is 0.0195. The second-order valence-corrected chi connectivity index (χ2v) is 8.99. The van der Waals surface area contributed by atoms with Crippen molar-refractivity contribution in [1.29, 1.82) is 0 Å². The molecule has 0 bridgehead atoms. The van der Waals surface area contributed by atoms with Crippen LogP contribution in [0.15, 0.2) is 48.5 Å². The third kappa shape index (κ3) is 3.43. The number of ketones is 1. The molecule has 0 fully saturated rings. The molecule has 6 heteroatoms. The molecule has 0 saturated heterocycles. The van der Waals surface area contributed by atoms with Crippen LogP contribution in [0.4, 0.5) is 0 Å². The van der Waals surface area contributed by atoms with Crippen LogP contribution in [0.1, 0.15) is 65.1 Å². The molecular formula is C25H23ClN4O. The molecule has 2 heterocycles. The van der Waals surface area contributed by atoms with Gasteiger partial charge in [-0.3, -0.25) is 4.79 Å². The zero-order valence-electron chi connectivity index (χ0n) is 17.8. The van der Waals surface area contributed by atoms with Crippen molar-refractivity contribution in [2.45, 2.75) is 45.4 Å². The largest absolute Gasteiger partial charge is 0.292 e. The SMILES string of the molecule is Cc1nn2c3c(nnc2c1-c1cccc(Cl)c1)C(=O)C[C@H](c1ccc(C(C)C)cc1)C3. The highest BCUT2D eigenvalue weighted by molar-refractivity contribution is 6.30. The average Bonchev–Trinajstić information content (AvgIpc) is 3.10. The van der Waals surface area contributed by atoms with Crippen molar-refractivity contribution in [3.05, 3.63) is 81.8 Å². The van der Waals surface area contributed by atoms with E-state index in [4.69, 9.17) is 16.7 Å². The van der Waals surface area contributed by atoms with Crippen molar-refractivity contribution in [2.24, 2.45) is 0 Å². The molecular weight excluding hydrogens is 408 g/mol. The maximum atomic E-state index is 12.9. The number of Topliss-reactive ketones (excluding diaryl/α,β-unsaturated/α-hetero) is 1. The van der Waals surface area contributed by atoms with Crippen molar-refractivity contribution in [3.63, 3.8) is 0 Å². The Hall–Kier alpha value is -3.05. The molecule has 0 aliphatic heterocycles. The maximum Gasteiger partial charge on any atom is 0.185 e. The third-order valence-electron chi connectivity index (χ3n) is 6.13. The van der Waals surface area contributed by atoms with E-state index in [0.29, 0.717) is 35.1 Å². The molecule has 5 nitrogen and oxygen atoms in total. The number of aryl methyl sites for hydroxylation is 1. The highest BCUT2D eigenvalue weighted by Gasteiger charge is 2.31. The van der Waals surface area contributed by atoms with E-state index >= 15 is 0 Å². The van der Waals surface area contributed by atoms with Crippen LogP contribution in [0.3, 0.4) is 0 Å². The molecule has 0 amide bonds. The lowest BCUT2D eigenvalue weighted by molar-refractivity contribution is 0.0955. The first kappa shape index (κ1) is 19.9. The molecule has 1 aliphatic carbocycles. The quantitative estimate of drug-likeness (QED) is 0.412. The molecule has 1 atom stereocenters. The molecule has 5 rings (SSSR count). The smallest absolute Gasteiger partial charge is 0.185 e. The molecule has 2 aromatic heterocycles. The first-order valence-corrected chi connectivity index (χ1v) is 10.9. The van der Waals surface area contributed by atoms with E-state index in [1.807, 2.05) is 31.2 Å². The molecule has 31 heavy (non-hydrogen) atoms. The minimum Gasteiger partial charge on any atom is -0.292 e. The van der Waals surface area contributed by atoms with Crippen molar-refractivity contribution < 1.29 is 4.79 Å². The van der Waals surface area contributed by atoms with E-state index in [0.717, 1.165) is 22.5 Å². The topological polar surface area (TPSA) is 60.1 Å². The van der Waals surface area contributed by atoms with E-state index in [-0.39, 0.29) is 11.7 Å². The predicted molar refractivity (Wildman–Crippen MR) is 122 cm³/mol. The average molecular weight is 431 g/mol. The minimum atomic E-state index is 0.0195. The molecule has 0 unspecified atom stereocenters. The van der Waals surface area contributed by atoms with Crippen LogP contribution in [0.5, 0.6) is 0 Å². The number of hydrogen-bond acceptors (Lipinski definition) is 4. The van der Waals surface area contributed by atoms with Gasteiger partial charge in [-0.05, 0) is 54.0 Å². The van der Waals surface area contributed by atoms with E-state index < -0.39 is 0 Å². The summed E-state index contributed by atoms with van der Waals surface area (Å²) in [6.45, 7) is 6.31. The molecule has 0 saturated carbocycles. The van der Waals surface area contributed by atoms with Gasteiger partial charge in [0.2, 0.25) is 0 Å². The molecule has 2 aromatic carbocycles. The molecule has 0 radical (unpaired) electrons. The van der Waals surface area contributed by atoms with E-state index in [2.05, 4.69) is 48.3 Å². The lowest BCUT2D eigenvalue weighted by Gasteiger charge is -2.23. The fraction of sp³-hybridized carbons (Fsp3) is 0.280. The van der Waals surface area contributed by atoms with Crippen LogP contribution < -0.4 is 0 Å². The van der Waals surface area contributed by atoms with Crippen LogP contribution >= 0.6 is 11.6 Å². The summed E-state index contributed by atoms with van der Waals surface area (Å²) in [6, 6.07) is 16.3. The monoisotopic (exact) mass is 430 g/mol. The summed E-state index contributed by atoms with van der Waals surface area (Å²) in [6.07, 6.45) is 1.14. The standard InChI is InChI=1S/C25H23ClN4O/c1-14(2)16-7-9-17(10-8-16)19-12-21-24(22(31)13-19)27-28-25-23(15(3)29-30(21)25)18-5-4-6-20(26)11-18/h4-11,14,19H,12-13H2,1-3H3/t19-/m1/s1. The molecule has 0 spiro atoms. The summed E-state index contributed by atoms with van der Waals surface area (Å²) >= 11 is 6.21. The van der Waals surface area contributed by atoms with E-state index in [1.54, 1.807) is 4.52 Å². The van der Waals surface area contributed by atoms with Gasteiger partial charge < -0.3 is 0 Å². The summed E-state index contributed by atoms with van der Waals surface area (Å²) in [5.41, 5.74) is 7.06. The van der Waals surface area contributed by atoms with Gasteiger partial charge in [0.25, 0.3) is 0 Å². The Labute approximate surface area is 186 Å². The van der Waals surface area contributed by atoms with Gasteiger partial charge in [-0.2, -0.15) is 5.10 Å². The molecule has 0 N–H and O–H groups in total. The number of hydrogen-bond donors (Lipinski definition) is 0. The normalized spacial score (nSPS) is 16.2. The lowest BCUT2D eigenvalue weighted by atomic mass is 9.83. The second kappa shape index (κ2) is 7.57. The predicted octanol–water partition coefficient (Wildman–Crippen LogP) is 5.79. The lowest BCUT2D eigenvalue weighted by Crippen LogP contribution is -2.24. The van der Waals surface area contributed by atoms with Gasteiger partial charge in [0.05, 0.1) is 17.0 Å². The number of carbonyl (C=O) groups excluding carboxylic acids is 1. The number of carbonyl (C=O) groups is 1. The summed E-state index contributed by atoms with van der Waals surface area (Å²) in [4.78, 5) is 12.9. The number of fused-ring (bicyclic) bond motifs is 3. The van der Waals surface area contributed by atoms with Gasteiger partial charge in [0.15, 0.2) is 17.1 Å². The number of benzene rings is 2. The fourth-order valence-corrected chi connectivity index (χ4v) is 4.64. The summed E-state index contributed by atoms with van der Waals surface area (Å²) in [5.74, 6) is 0.605. The number of nitrogens with zero attached hydrogens (tertiary/aromatic N) is 4. The Balaban J connectivity index is 1.60. The Morgan fingerprint density at radius 2 is 1.84 bits per heavy atom. The zero-order valence-corrected chi connectivity index (χ0v) is 18.5. The van der Waals surface area contributed by atoms with Gasteiger partial charge >= 0.3 is 0 Å². The van der Waals surface area contributed by atoms with Crippen LogP contribution in [0, 0.1) is 6.92 Å². The highest BCUT2D eigenvalue weighted by Crippen LogP contribution is 2.35. The summed E-state index contributed by atoms with van der Waals surface area (Å²) in [7, 11) is 0. The van der Waals surface area contributed by atoms with E-state index in [1.165, 1.54) is 11.1 Å². The Morgan fingerprint density at radius 1 is 1.06 bits per heavy atom. The van der Waals surface area contributed by atoms with Gasteiger partial charge in [0.1, 0.15) is 0 Å². The van der Waals surface area contributed by atoms with Crippen molar-refractivity contribution in [3.8, 4) is 11.1 Å². The van der Waals surface area contributed by atoms with Crippen molar-refractivity contribution in [2.75, 3.05) is 0 Å². The number of rotatable bonds is 3. The Bertz CT molecular complexity index is 1310. The Morgan fingerprint density at radius 3 is 2.55 bits per heavy atom. The van der Waals surface area contributed by atoms with Crippen LogP contribution in [0.25, 0.3) is 16.8 Å². The van der Waals surface area contributed by atoms with Gasteiger partial charge in [-0.25, -0.2) is 4.52 Å².